The maximum Gasteiger partial charge on any atom is 0.264 e. The number of nitrogens with one attached hydrogen (secondary N) is 1. The highest BCUT2D eigenvalue weighted by atomic mass is 35.5. The lowest BCUT2D eigenvalue weighted by Crippen LogP contribution is -2.45. The van der Waals surface area contributed by atoms with Crippen molar-refractivity contribution in [3.05, 3.63) is 88.9 Å². The number of aryl methyl sites for hydroxylation is 2. The van der Waals surface area contributed by atoms with E-state index in [0.29, 0.717) is 10.7 Å². The summed E-state index contributed by atoms with van der Waals surface area (Å²) < 4.78 is 33.7. The summed E-state index contributed by atoms with van der Waals surface area (Å²) in [6.45, 7) is 5.50. The average molecular weight is 487 g/mol. The molecule has 0 aliphatic rings. The Balaban J connectivity index is 1.76. The first-order valence-corrected chi connectivity index (χ1v) is 12.3. The van der Waals surface area contributed by atoms with Crippen LogP contribution in [0.2, 0.25) is 5.02 Å². The third-order valence-electron chi connectivity index (χ3n) is 4.97. The van der Waals surface area contributed by atoms with Crippen molar-refractivity contribution in [1.82, 2.24) is 5.32 Å². The number of ether oxygens (including phenoxy) is 1. The van der Waals surface area contributed by atoms with E-state index in [0.717, 1.165) is 21.2 Å². The van der Waals surface area contributed by atoms with Gasteiger partial charge in [0.25, 0.3) is 10.0 Å². The molecule has 3 aromatic rings. The van der Waals surface area contributed by atoms with E-state index in [1.54, 1.807) is 25.1 Å². The highest BCUT2D eigenvalue weighted by molar-refractivity contribution is 7.92. The van der Waals surface area contributed by atoms with Gasteiger partial charge in [-0.05, 0) is 74.4 Å². The summed E-state index contributed by atoms with van der Waals surface area (Å²) >= 11 is 5.92. The minimum atomic E-state index is -4.00. The molecule has 0 bridgehead atoms. The van der Waals surface area contributed by atoms with Crippen LogP contribution in [0.4, 0.5) is 5.69 Å². The quantitative estimate of drug-likeness (QED) is 0.474. The number of carbonyl (C=O) groups is 1. The Morgan fingerprint density at radius 3 is 2.39 bits per heavy atom. The van der Waals surface area contributed by atoms with Crippen LogP contribution in [0, 0.1) is 13.8 Å². The molecule has 0 radical (unpaired) electrons. The first-order valence-electron chi connectivity index (χ1n) is 10.5. The molecule has 1 amide bonds. The van der Waals surface area contributed by atoms with Gasteiger partial charge in [0.15, 0.2) is 0 Å². The van der Waals surface area contributed by atoms with E-state index in [4.69, 9.17) is 16.3 Å². The lowest BCUT2D eigenvalue weighted by atomic mass is 10.2. The number of para-hydroxylation sites is 1. The predicted molar refractivity (Wildman–Crippen MR) is 131 cm³/mol. The van der Waals surface area contributed by atoms with Gasteiger partial charge in [-0.15, -0.1) is 0 Å². The van der Waals surface area contributed by atoms with Crippen LogP contribution in [-0.2, 0) is 14.8 Å². The number of rotatable bonds is 9. The number of nitrogens with zero attached hydrogens (tertiary/aromatic N) is 1. The molecule has 3 rings (SSSR count). The third-order valence-corrected chi connectivity index (χ3v) is 7.01. The van der Waals surface area contributed by atoms with Crippen molar-refractivity contribution in [2.45, 2.75) is 31.7 Å². The number of anilines is 1. The van der Waals surface area contributed by atoms with Crippen LogP contribution in [0.3, 0.4) is 0 Å². The second kappa shape index (κ2) is 10.7. The van der Waals surface area contributed by atoms with E-state index in [9.17, 15) is 13.2 Å². The molecule has 3 aromatic carbocycles. The van der Waals surface area contributed by atoms with Gasteiger partial charge < -0.3 is 10.1 Å². The van der Waals surface area contributed by atoms with E-state index >= 15 is 0 Å². The topological polar surface area (TPSA) is 75.7 Å². The van der Waals surface area contributed by atoms with Crippen molar-refractivity contribution in [2.75, 3.05) is 17.5 Å². The predicted octanol–water partition coefficient (Wildman–Crippen LogP) is 4.74. The number of hydrogen-bond donors (Lipinski definition) is 1. The van der Waals surface area contributed by atoms with Crippen LogP contribution in [-0.4, -0.2) is 33.5 Å². The maximum absolute atomic E-state index is 13.4. The van der Waals surface area contributed by atoms with Gasteiger partial charge >= 0.3 is 0 Å². The van der Waals surface area contributed by atoms with Crippen LogP contribution >= 0.6 is 11.6 Å². The van der Waals surface area contributed by atoms with Crippen LogP contribution in [0.5, 0.6) is 5.75 Å². The number of halogens is 1. The molecular formula is C25H27ClN2O4S. The van der Waals surface area contributed by atoms with Gasteiger partial charge in [-0.25, -0.2) is 8.42 Å². The van der Waals surface area contributed by atoms with Crippen LogP contribution < -0.4 is 14.4 Å². The van der Waals surface area contributed by atoms with Crippen LogP contribution in [0.15, 0.2) is 77.7 Å². The van der Waals surface area contributed by atoms with E-state index in [-0.39, 0.29) is 24.1 Å². The summed E-state index contributed by atoms with van der Waals surface area (Å²) in [6, 6.07) is 20.2. The van der Waals surface area contributed by atoms with Gasteiger partial charge in [0.2, 0.25) is 5.91 Å². The number of sulfonamides is 1. The van der Waals surface area contributed by atoms with Crippen molar-refractivity contribution < 1.29 is 17.9 Å². The van der Waals surface area contributed by atoms with Crippen molar-refractivity contribution >= 4 is 33.2 Å². The summed E-state index contributed by atoms with van der Waals surface area (Å²) in [5.74, 6) is 0.306. The van der Waals surface area contributed by atoms with E-state index in [2.05, 4.69) is 5.32 Å². The Kier molecular flexibility index (Phi) is 8.00. The Morgan fingerprint density at radius 2 is 1.73 bits per heavy atom. The molecule has 0 spiro atoms. The second-order valence-electron chi connectivity index (χ2n) is 7.85. The van der Waals surface area contributed by atoms with E-state index < -0.39 is 15.9 Å². The summed E-state index contributed by atoms with van der Waals surface area (Å²) in [4.78, 5) is 12.9. The molecular weight excluding hydrogens is 460 g/mol. The van der Waals surface area contributed by atoms with Gasteiger partial charge in [0.1, 0.15) is 18.9 Å². The lowest BCUT2D eigenvalue weighted by Gasteiger charge is -2.25. The normalized spacial score (nSPS) is 12.1. The van der Waals surface area contributed by atoms with Crippen molar-refractivity contribution in [2.24, 2.45) is 0 Å². The third kappa shape index (κ3) is 6.49. The Bertz CT molecular complexity index is 1210. The Morgan fingerprint density at radius 1 is 1.03 bits per heavy atom. The monoisotopic (exact) mass is 486 g/mol. The van der Waals surface area contributed by atoms with Crippen molar-refractivity contribution in [3.8, 4) is 5.75 Å². The molecule has 0 aliphatic carbocycles. The zero-order valence-corrected chi connectivity index (χ0v) is 20.4. The molecule has 1 atom stereocenters. The second-order valence-corrected chi connectivity index (χ2v) is 10.1. The molecule has 1 unspecified atom stereocenters. The van der Waals surface area contributed by atoms with Gasteiger partial charge in [0, 0.05) is 5.02 Å². The molecule has 0 fully saturated rings. The van der Waals surface area contributed by atoms with Gasteiger partial charge in [-0.2, -0.15) is 0 Å². The van der Waals surface area contributed by atoms with Gasteiger partial charge in [-0.1, -0.05) is 41.9 Å². The molecule has 0 heterocycles. The fraction of sp³-hybridized carbons (Fsp3) is 0.240. The highest BCUT2D eigenvalue weighted by Crippen LogP contribution is 2.25. The van der Waals surface area contributed by atoms with Crippen LogP contribution in [0.1, 0.15) is 18.1 Å². The zero-order valence-electron chi connectivity index (χ0n) is 18.8. The summed E-state index contributed by atoms with van der Waals surface area (Å²) in [7, 11) is -4.00. The standard InChI is InChI=1S/C25H27ClN2O4S/c1-18-7-6-9-22(15-18)28(33(30,31)23-13-11-21(26)12-14-23)16-25(29)27-20(3)17-32-24-10-5-4-8-19(24)2/h4-15,20H,16-17H2,1-3H3,(H,27,29). The largest absolute Gasteiger partial charge is 0.491 e. The molecule has 8 heteroatoms. The summed E-state index contributed by atoms with van der Waals surface area (Å²) in [5.41, 5.74) is 2.28. The zero-order chi connectivity index (χ0) is 24.0. The van der Waals surface area contributed by atoms with Crippen molar-refractivity contribution in [3.63, 3.8) is 0 Å². The Hall–Kier alpha value is -3.03. The molecule has 33 heavy (non-hydrogen) atoms. The molecule has 0 saturated heterocycles. The molecule has 174 valence electrons. The molecule has 0 aromatic heterocycles. The number of hydrogen-bond acceptors (Lipinski definition) is 4. The Labute approximate surface area is 200 Å². The lowest BCUT2D eigenvalue weighted by molar-refractivity contribution is -0.120. The number of amides is 1. The van der Waals surface area contributed by atoms with E-state index in [1.807, 2.05) is 44.2 Å². The SMILES string of the molecule is Cc1cccc(N(CC(=O)NC(C)COc2ccccc2C)S(=O)(=O)c2ccc(Cl)cc2)c1. The molecule has 0 aliphatic heterocycles. The number of carbonyl (C=O) groups excluding carboxylic acids is 1. The summed E-state index contributed by atoms with van der Waals surface area (Å²) in [6.07, 6.45) is 0. The minimum absolute atomic E-state index is 0.0529. The molecule has 6 nitrogen and oxygen atoms in total. The minimum Gasteiger partial charge on any atom is -0.491 e. The van der Waals surface area contributed by atoms with E-state index in [1.165, 1.54) is 24.3 Å². The fourth-order valence-electron chi connectivity index (χ4n) is 3.26. The highest BCUT2D eigenvalue weighted by Gasteiger charge is 2.27. The van der Waals surface area contributed by atoms with Gasteiger partial charge in [0.05, 0.1) is 16.6 Å². The summed E-state index contributed by atoms with van der Waals surface area (Å²) in [5, 5.41) is 3.25. The fourth-order valence-corrected chi connectivity index (χ4v) is 4.80. The number of benzene rings is 3. The first-order chi connectivity index (χ1) is 15.7. The van der Waals surface area contributed by atoms with Gasteiger partial charge in [-0.3, -0.25) is 9.10 Å². The average Bonchev–Trinajstić information content (AvgIpc) is 2.77. The molecule has 0 saturated carbocycles. The first kappa shape index (κ1) is 24.6. The molecule has 1 N–H and O–H groups in total. The van der Waals surface area contributed by atoms with Crippen molar-refractivity contribution in [1.29, 1.82) is 0 Å². The van der Waals surface area contributed by atoms with Crippen LogP contribution in [0.25, 0.3) is 0 Å². The smallest absolute Gasteiger partial charge is 0.264 e. The maximum atomic E-state index is 13.4.